The molecule has 132 valence electrons. The fourth-order valence-electron chi connectivity index (χ4n) is 3.53. The van der Waals surface area contributed by atoms with Crippen LogP contribution in [0.1, 0.15) is 30.9 Å². The standard InChI is InChI=1S/C15H19F3N4O2/c1-20-7-11(6-19-20)12-3-2-4-22(12)14(24)10-5-13(23)21(8-10)9-15(16,17)18/h6-7,10,12H,2-5,8-9H2,1H3/t10-,12-/m1/s1. The van der Waals surface area contributed by atoms with E-state index in [1.54, 1.807) is 22.8 Å². The molecular formula is C15H19F3N4O2. The minimum absolute atomic E-state index is 0.113. The predicted octanol–water partition coefficient (Wildman–Crippen LogP) is 1.49. The number of alkyl halides is 3. The monoisotopic (exact) mass is 344 g/mol. The topological polar surface area (TPSA) is 58.4 Å². The third-order valence-corrected chi connectivity index (χ3v) is 4.58. The van der Waals surface area contributed by atoms with Crippen molar-refractivity contribution in [3.8, 4) is 0 Å². The second kappa shape index (κ2) is 6.10. The van der Waals surface area contributed by atoms with Gasteiger partial charge in [0.15, 0.2) is 0 Å². The summed E-state index contributed by atoms with van der Waals surface area (Å²) in [5, 5.41) is 4.11. The fraction of sp³-hybridized carbons (Fsp3) is 0.667. The summed E-state index contributed by atoms with van der Waals surface area (Å²) in [6.45, 7) is -0.891. The van der Waals surface area contributed by atoms with Crippen LogP contribution >= 0.6 is 0 Å². The van der Waals surface area contributed by atoms with E-state index in [-0.39, 0.29) is 24.9 Å². The van der Waals surface area contributed by atoms with Gasteiger partial charge in [-0.15, -0.1) is 0 Å². The van der Waals surface area contributed by atoms with Crippen LogP contribution in [0.4, 0.5) is 13.2 Å². The van der Waals surface area contributed by atoms with E-state index in [4.69, 9.17) is 0 Å². The lowest BCUT2D eigenvalue weighted by atomic mass is 10.0. The van der Waals surface area contributed by atoms with Crippen molar-refractivity contribution in [2.24, 2.45) is 13.0 Å². The summed E-state index contributed by atoms with van der Waals surface area (Å²) in [4.78, 5) is 26.9. The van der Waals surface area contributed by atoms with Crippen molar-refractivity contribution in [1.29, 1.82) is 0 Å². The maximum atomic E-state index is 12.7. The Morgan fingerprint density at radius 2 is 2.17 bits per heavy atom. The molecule has 0 radical (unpaired) electrons. The Labute approximate surface area is 137 Å². The van der Waals surface area contributed by atoms with Crippen LogP contribution < -0.4 is 0 Å². The summed E-state index contributed by atoms with van der Waals surface area (Å²) in [7, 11) is 1.79. The Hall–Kier alpha value is -2.06. The van der Waals surface area contributed by atoms with Crippen LogP contribution in [0.3, 0.4) is 0 Å². The van der Waals surface area contributed by atoms with Gasteiger partial charge in [0.05, 0.1) is 18.2 Å². The van der Waals surface area contributed by atoms with Crippen molar-refractivity contribution in [1.82, 2.24) is 19.6 Å². The summed E-state index contributed by atoms with van der Waals surface area (Å²) in [6.07, 6.45) is 0.575. The molecule has 2 saturated heterocycles. The van der Waals surface area contributed by atoms with Gasteiger partial charge in [-0.25, -0.2) is 0 Å². The molecule has 0 bridgehead atoms. The Morgan fingerprint density at radius 3 is 2.79 bits per heavy atom. The van der Waals surface area contributed by atoms with Gasteiger partial charge in [0.1, 0.15) is 6.54 Å². The maximum Gasteiger partial charge on any atom is 0.406 e. The van der Waals surface area contributed by atoms with Gasteiger partial charge < -0.3 is 9.80 Å². The first kappa shape index (κ1) is 16.8. The SMILES string of the molecule is Cn1cc([C@H]2CCCN2C(=O)[C@@H]2CC(=O)N(CC(F)(F)F)C2)cn1. The van der Waals surface area contributed by atoms with E-state index in [1.807, 2.05) is 6.20 Å². The average molecular weight is 344 g/mol. The number of nitrogens with zero attached hydrogens (tertiary/aromatic N) is 4. The fourth-order valence-corrected chi connectivity index (χ4v) is 3.53. The molecule has 1 aromatic heterocycles. The van der Waals surface area contributed by atoms with Gasteiger partial charge in [-0.3, -0.25) is 14.3 Å². The largest absolute Gasteiger partial charge is 0.406 e. The van der Waals surface area contributed by atoms with Crippen molar-refractivity contribution in [2.45, 2.75) is 31.5 Å². The molecule has 2 aliphatic rings. The van der Waals surface area contributed by atoms with Crippen molar-refractivity contribution in [3.05, 3.63) is 18.0 Å². The molecule has 2 aliphatic heterocycles. The third-order valence-electron chi connectivity index (χ3n) is 4.58. The van der Waals surface area contributed by atoms with Crippen LogP contribution in [0.2, 0.25) is 0 Å². The number of carbonyl (C=O) groups excluding carboxylic acids is 2. The van der Waals surface area contributed by atoms with E-state index >= 15 is 0 Å². The Morgan fingerprint density at radius 1 is 1.42 bits per heavy atom. The quantitative estimate of drug-likeness (QED) is 0.835. The lowest BCUT2D eigenvalue weighted by Gasteiger charge is -2.26. The van der Waals surface area contributed by atoms with Crippen LogP contribution in [0.5, 0.6) is 0 Å². The Bertz CT molecular complexity index is 643. The highest BCUT2D eigenvalue weighted by Gasteiger charge is 2.43. The van der Waals surface area contributed by atoms with Gasteiger partial charge in [-0.1, -0.05) is 0 Å². The first-order valence-electron chi connectivity index (χ1n) is 7.88. The molecule has 6 nitrogen and oxygen atoms in total. The zero-order valence-electron chi connectivity index (χ0n) is 13.3. The summed E-state index contributed by atoms with van der Waals surface area (Å²) < 4.78 is 39.1. The van der Waals surface area contributed by atoms with E-state index in [0.717, 1.165) is 23.3 Å². The van der Waals surface area contributed by atoms with Crippen molar-refractivity contribution < 1.29 is 22.8 Å². The smallest absolute Gasteiger partial charge is 0.335 e. The number of carbonyl (C=O) groups is 2. The molecule has 1 aromatic rings. The summed E-state index contributed by atoms with van der Waals surface area (Å²) in [5.41, 5.74) is 0.917. The van der Waals surface area contributed by atoms with Gasteiger partial charge in [-0.05, 0) is 12.8 Å². The van der Waals surface area contributed by atoms with Gasteiger partial charge >= 0.3 is 6.18 Å². The van der Waals surface area contributed by atoms with E-state index in [1.165, 1.54) is 0 Å². The molecule has 0 N–H and O–H groups in total. The second-order valence-electron chi connectivity index (χ2n) is 6.43. The number of hydrogen-bond donors (Lipinski definition) is 0. The van der Waals surface area contributed by atoms with Crippen LogP contribution in [0.25, 0.3) is 0 Å². The highest BCUT2D eigenvalue weighted by atomic mass is 19.4. The molecule has 0 aliphatic carbocycles. The number of rotatable bonds is 3. The zero-order valence-corrected chi connectivity index (χ0v) is 13.3. The molecule has 3 heterocycles. The zero-order chi connectivity index (χ0) is 17.5. The van der Waals surface area contributed by atoms with Crippen molar-refractivity contribution in [3.63, 3.8) is 0 Å². The van der Waals surface area contributed by atoms with E-state index in [0.29, 0.717) is 6.54 Å². The molecule has 0 spiro atoms. The van der Waals surface area contributed by atoms with Crippen LogP contribution in [-0.4, -0.2) is 57.2 Å². The van der Waals surface area contributed by atoms with E-state index < -0.39 is 24.5 Å². The van der Waals surface area contributed by atoms with Crippen molar-refractivity contribution in [2.75, 3.05) is 19.6 Å². The summed E-state index contributed by atoms with van der Waals surface area (Å²) in [5.74, 6) is -1.54. The predicted molar refractivity (Wildman–Crippen MR) is 77.6 cm³/mol. The number of aryl methyl sites for hydroxylation is 1. The Balaban J connectivity index is 1.69. The number of hydrogen-bond acceptors (Lipinski definition) is 3. The van der Waals surface area contributed by atoms with Gasteiger partial charge in [0, 0.05) is 38.3 Å². The summed E-state index contributed by atoms with van der Waals surface area (Å²) >= 11 is 0. The van der Waals surface area contributed by atoms with Gasteiger partial charge in [-0.2, -0.15) is 18.3 Å². The molecule has 0 aromatic carbocycles. The third kappa shape index (κ3) is 3.39. The van der Waals surface area contributed by atoms with E-state index in [2.05, 4.69) is 5.10 Å². The lowest BCUT2D eigenvalue weighted by Crippen LogP contribution is -2.39. The first-order valence-corrected chi connectivity index (χ1v) is 7.88. The van der Waals surface area contributed by atoms with Gasteiger partial charge in [0.2, 0.25) is 11.8 Å². The molecule has 2 atom stereocenters. The number of halogens is 3. The van der Waals surface area contributed by atoms with Crippen LogP contribution in [-0.2, 0) is 16.6 Å². The second-order valence-corrected chi connectivity index (χ2v) is 6.43. The minimum atomic E-state index is -4.44. The molecule has 2 amide bonds. The highest BCUT2D eigenvalue weighted by molar-refractivity contribution is 5.89. The lowest BCUT2D eigenvalue weighted by molar-refractivity contribution is -0.157. The molecule has 0 unspecified atom stereocenters. The Kier molecular flexibility index (Phi) is 4.27. The molecular weight excluding hydrogens is 325 g/mol. The number of amides is 2. The molecule has 2 fully saturated rings. The molecule has 3 rings (SSSR count). The number of likely N-dealkylation sites (tertiary alicyclic amines) is 2. The van der Waals surface area contributed by atoms with Gasteiger partial charge in [0.25, 0.3) is 0 Å². The van der Waals surface area contributed by atoms with E-state index in [9.17, 15) is 22.8 Å². The summed E-state index contributed by atoms with van der Waals surface area (Å²) in [6, 6.07) is -0.113. The first-order chi connectivity index (χ1) is 11.2. The normalized spacial score (nSPS) is 24.9. The van der Waals surface area contributed by atoms with Crippen LogP contribution in [0, 0.1) is 5.92 Å². The highest BCUT2D eigenvalue weighted by Crippen LogP contribution is 2.34. The molecule has 9 heteroatoms. The molecule has 24 heavy (non-hydrogen) atoms. The number of aromatic nitrogens is 2. The van der Waals surface area contributed by atoms with Crippen LogP contribution in [0.15, 0.2) is 12.4 Å². The van der Waals surface area contributed by atoms with Crippen molar-refractivity contribution >= 4 is 11.8 Å². The minimum Gasteiger partial charge on any atom is -0.335 e. The average Bonchev–Trinajstić information content (AvgIpc) is 3.17. The maximum absolute atomic E-state index is 12.7. The molecule has 0 saturated carbocycles.